The number of rotatable bonds is 9. The highest BCUT2D eigenvalue weighted by molar-refractivity contribution is 7.07. The second-order valence-corrected chi connectivity index (χ2v) is 11.9. The number of carbonyl (C=O) groups is 2. The van der Waals surface area contributed by atoms with Gasteiger partial charge >= 0.3 is 5.97 Å². The van der Waals surface area contributed by atoms with Gasteiger partial charge in [0.1, 0.15) is 12.3 Å². The highest BCUT2D eigenvalue weighted by Crippen LogP contribution is 2.34. The number of esters is 1. The Kier molecular flexibility index (Phi) is 8.99. The third-order valence-electron chi connectivity index (χ3n) is 8.08. The number of methoxy groups -OCH3 is 1. The van der Waals surface area contributed by atoms with Crippen LogP contribution < -0.4 is 19.6 Å². The van der Waals surface area contributed by atoms with Crippen molar-refractivity contribution in [2.24, 2.45) is 4.99 Å². The van der Waals surface area contributed by atoms with E-state index in [9.17, 15) is 14.4 Å². The lowest BCUT2D eigenvalue weighted by Crippen LogP contribution is -2.42. The van der Waals surface area contributed by atoms with Crippen molar-refractivity contribution in [1.82, 2.24) is 14.0 Å². The zero-order valence-corrected chi connectivity index (χ0v) is 26.5. The molecule has 2 aromatic carbocycles. The van der Waals surface area contributed by atoms with Gasteiger partial charge in [-0.3, -0.25) is 14.2 Å². The van der Waals surface area contributed by atoms with Gasteiger partial charge in [0, 0.05) is 35.8 Å². The Labute approximate surface area is 264 Å². The number of thiazole rings is 1. The van der Waals surface area contributed by atoms with Crippen molar-refractivity contribution < 1.29 is 23.8 Å². The first kappa shape index (κ1) is 30.5. The Morgan fingerprint density at radius 2 is 1.91 bits per heavy atom. The van der Waals surface area contributed by atoms with Gasteiger partial charge in [-0.05, 0) is 43.2 Å². The van der Waals surface area contributed by atoms with Gasteiger partial charge in [-0.15, -0.1) is 0 Å². The van der Waals surface area contributed by atoms with E-state index in [1.807, 2.05) is 77.2 Å². The first-order chi connectivity index (χ1) is 21.9. The summed E-state index contributed by atoms with van der Waals surface area (Å²) < 4.78 is 20.4. The number of morpholine rings is 1. The van der Waals surface area contributed by atoms with Crippen molar-refractivity contribution in [3.05, 3.63) is 96.8 Å². The van der Waals surface area contributed by atoms with Gasteiger partial charge in [-0.1, -0.05) is 55.0 Å². The summed E-state index contributed by atoms with van der Waals surface area (Å²) in [6, 6.07) is 14.5. The predicted octanol–water partition coefficient (Wildman–Crippen LogP) is 3.40. The molecule has 0 bridgehead atoms. The molecule has 0 radical (unpaired) electrons. The van der Waals surface area contributed by atoms with E-state index in [2.05, 4.69) is 0 Å². The molecule has 0 unspecified atom stereocenters. The average Bonchev–Trinajstić information content (AvgIpc) is 3.57. The summed E-state index contributed by atoms with van der Waals surface area (Å²) in [5, 5.41) is 0.932. The highest BCUT2D eigenvalue weighted by atomic mass is 32.1. The number of nitrogens with zero attached hydrogens (tertiary/aromatic N) is 4. The fraction of sp³-hybridized carbons (Fsp3) is 0.353. The molecule has 11 heteroatoms. The molecule has 2 aliphatic rings. The van der Waals surface area contributed by atoms with E-state index in [0.717, 1.165) is 28.5 Å². The third kappa shape index (κ3) is 5.97. The fourth-order valence-electron chi connectivity index (χ4n) is 5.97. The van der Waals surface area contributed by atoms with Crippen LogP contribution in [0.15, 0.2) is 75.8 Å². The maximum absolute atomic E-state index is 14.3. The zero-order chi connectivity index (χ0) is 31.5. The highest BCUT2D eigenvalue weighted by Gasteiger charge is 2.34. The van der Waals surface area contributed by atoms with Crippen LogP contribution in [0.3, 0.4) is 0 Å². The van der Waals surface area contributed by atoms with E-state index in [4.69, 9.17) is 19.2 Å². The molecule has 0 saturated carbocycles. The molecule has 0 aliphatic carbocycles. The number of allylic oxidation sites excluding steroid dienone is 1. The number of fused-ring (bicyclic) bond motifs is 2. The molecule has 1 amide bonds. The molecule has 1 fully saturated rings. The summed E-state index contributed by atoms with van der Waals surface area (Å²) in [4.78, 5) is 48.1. The summed E-state index contributed by atoms with van der Waals surface area (Å²) in [7, 11) is 1.58. The van der Waals surface area contributed by atoms with Gasteiger partial charge < -0.3 is 23.7 Å². The number of carbonyl (C=O) groups excluding carboxylic acids is 2. The molecule has 2 aromatic heterocycles. The Morgan fingerprint density at radius 3 is 2.67 bits per heavy atom. The van der Waals surface area contributed by atoms with E-state index >= 15 is 0 Å². The fourth-order valence-corrected chi connectivity index (χ4v) is 6.98. The maximum Gasteiger partial charge on any atom is 0.338 e. The topological polar surface area (TPSA) is 104 Å². The van der Waals surface area contributed by atoms with E-state index in [1.165, 1.54) is 11.3 Å². The minimum Gasteiger partial charge on any atom is -0.497 e. The Bertz CT molecular complexity index is 1960. The number of hydrogen-bond donors (Lipinski definition) is 0. The molecule has 10 nitrogen and oxygen atoms in total. The van der Waals surface area contributed by atoms with Gasteiger partial charge in [0.15, 0.2) is 4.80 Å². The minimum absolute atomic E-state index is 0.0261. The second kappa shape index (κ2) is 13.3. The number of hydrogen-bond acceptors (Lipinski definition) is 8. The van der Waals surface area contributed by atoms with Crippen LogP contribution in [0, 0.1) is 0 Å². The first-order valence-electron chi connectivity index (χ1n) is 15.2. The van der Waals surface area contributed by atoms with Crippen LogP contribution in [0.1, 0.15) is 43.9 Å². The standard InChI is InChI=1S/C34H36N4O6S/c1-4-9-26-30(33(41)44-5-2)31(22-10-8-11-24(18-22)42-3)38-32(40)28(45-34(38)35-26)19-23-20-37(27-13-7-6-12-25(23)27)21-29(39)36-14-16-43-17-15-36/h6-8,10-13,18-20,31H,4-5,9,14-17,21H2,1-3H3/b28-19+/t31-/m1/s1. The van der Waals surface area contributed by atoms with Crippen LogP contribution in [0.25, 0.3) is 17.0 Å². The minimum atomic E-state index is -0.730. The summed E-state index contributed by atoms with van der Waals surface area (Å²) in [5.74, 6) is 0.157. The summed E-state index contributed by atoms with van der Waals surface area (Å²) in [5.41, 5.74) is 3.18. The summed E-state index contributed by atoms with van der Waals surface area (Å²) in [6.45, 7) is 6.42. The number of aromatic nitrogens is 2. The smallest absolute Gasteiger partial charge is 0.338 e. The molecule has 1 atom stereocenters. The van der Waals surface area contributed by atoms with E-state index in [-0.39, 0.29) is 24.6 Å². The Balaban J connectivity index is 1.49. The zero-order valence-electron chi connectivity index (χ0n) is 25.7. The van der Waals surface area contributed by atoms with Crippen LogP contribution in [0.4, 0.5) is 0 Å². The summed E-state index contributed by atoms with van der Waals surface area (Å²) >= 11 is 1.29. The number of para-hydroxylation sites is 1. The Hall–Kier alpha value is -4.48. The molecule has 0 N–H and O–H groups in total. The van der Waals surface area contributed by atoms with Gasteiger partial charge in [0.25, 0.3) is 5.56 Å². The lowest BCUT2D eigenvalue weighted by molar-refractivity contribution is -0.139. The van der Waals surface area contributed by atoms with Gasteiger partial charge in [-0.2, -0.15) is 0 Å². The third-order valence-corrected chi connectivity index (χ3v) is 9.06. The van der Waals surface area contributed by atoms with Crippen molar-refractivity contribution in [3.8, 4) is 5.75 Å². The average molecular weight is 629 g/mol. The quantitative estimate of drug-likeness (QED) is 0.263. The molecule has 6 rings (SSSR count). The molecular formula is C34H36N4O6S. The van der Waals surface area contributed by atoms with Crippen LogP contribution in [0.5, 0.6) is 5.75 Å². The first-order valence-corrected chi connectivity index (χ1v) is 16.0. The van der Waals surface area contributed by atoms with Crippen LogP contribution in [-0.2, 0) is 25.6 Å². The van der Waals surface area contributed by atoms with Crippen molar-refractivity contribution in [2.45, 2.75) is 39.3 Å². The van der Waals surface area contributed by atoms with Crippen molar-refractivity contribution in [1.29, 1.82) is 0 Å². The number of ether oxygens (including phenoxy) is 3. The SMILES string of the molecule is CCCC1=C(C(=O)OCC)[C@@H](c2cccc(OC)c2)n2c(s/c(=C/c3cn(CC(=O)N4CCOCC4)c4ccccc34)c2=O)=N1. The maximum atomic E-state index is 14.3. The lowest BCUT2D eigenvalue weighted by atomic mass is 9.94. The lowest BCUT2D eigenvalue weighted by Gasteiger charge is -2.27. The van der Waals surface area contributed by atoms with Gasteiger partial charge in [0.05, 0.1) is 48.8 Å². The van der Waals surface area contributed by atoms with Crippen LogP contribution in [0.2, 0.25) is 0 Å². The van der Waals surface area contributed by atoms with Crippen LogP contribution in [-0.4, -0.2) is 65.9 Å². The van der Waals surface area contributed by atoms with Gasteiger partial charge in [0.2, 0.25) is 5.91 Å². The van der Waals surface area contributed by atoms with Crippen LogP contribution >= 0.6 is 11.3 Å². The summed E-state index contributed by atoms with van der Waals surface area (Å²) in [6.07, 6.45) is 5.11. The van der Waals surface area contributed by atoms with Gasteiger partial charge in [-0.25, -0.2) is 9.79 Å². The molecule has 0 spiro atoms. The molecule has 4 heterocycles. The number of amides is 1. The molecule has 1 saturated heterocycles. The van der Waals surface area contributed by atoms with E-state index < -0.39 is 12.0 Å². The van der Waals surface area contributed by atoms with Crippen molar-refractivity contribution in [2.75, 3.05) is 40.0 Å². The predicted molar refractivity (Wildman–Crippen MR) is 172 cm³/mol. The van der Waals surface area contributed by atoms with Crippen molar-refractivity contribution in [3.63, 3.8) is 0 Å². The molecule has 45 heavy (non-hydrogen) atoms. The van der Waals surface area contributed by atoms with E-state index in [0.29, 0.717) is 59.1 Å². The monoisotopic (exact) mass is 628 g/mol. The largest absolute Gasteiger partial charge is 0.497 e. The molecule has 2 aliphatic heterocycles. The molecule has 234 valence electrons. The molecule has 4 aromatic rings. The normalized spacial score (nSPS) is 16.9. The van der Waals surface area contributed by atoms with E-state index in [1.54, 1.807) is 18.6 Å². The Morgan fingerprint density at radius 1 is 1.11 bits per heavy atom. The van der Waals surface area contributed by atoms with Crippen molar-refractivity contribution >= 4 is 40.2 Å². The molecular weight excluding hydrogens is 592 g/mol. The number of benzene rings is 2. The second-order valence-electron chi connectivity index (χ2n) is 10.9.